The molecule has 3 heteroatoms. The average molecular weight is 322 g/mol. The highest BCUT2D eigenvalue weighted by atomic mass is 16.5. The normalized spacial score (nSPS) is 22.5. The molecule has 0 aromatic heterocycles. The van der Waals surface area contributed by atoms with Crippen LogP contribution in [0.5, 0.6) is 11.5 Å². The Morgan fingerprint density at radius 3 is 2.92 bits per heavy atom. The van der Waals surface area contributed by atoms with Crippen molar-refractivity contribution in [2.75, 3.05) is 6.61 Å². The number of hydrogen-bond acceptors (Lipinski definition) is 3. The zero-order valence-electron chi connectivity index (χ0n) is 13.7. The maximum Gasteiger partial charge on any atom is 0.143 e. The summed E-state index contributed by atoms with van der Waals surface area (Å²) in [5.41, 5.74) is 2.35. The molecule has 2 aromatic carbocycles. The Morgan fingerprint density at radius 2 is 2.00 bits per heavy atom. The molecule has 0 aliphatic carbocycles. The van der Waals surface area contributed by atoms with E-state index in [1.165, 1.54) is 5.56 Å². The van der Waals surface area contributed by atoms with Gasteiger partial charge in [0.1, 0.15) is 30.3 Å². The highest BCUT2D eigenvalue weighted by Gasteiger charge is 2.29. The number of rotatable bonds is 3. The third kappa shape index (κ3) is 3.46. The first-order valence-electron chi connectivity index (χ1n) is 8.63. The van der Waals surface area contributed by atoms with Crippen LogP contribution in [0.2, 0.25) is 0 Å². The van der Waals surface area contributed by atoms with Gasteiger partial charge in [-0.15, -0.1) is 0 Å². The molecular formula is C21H22O3. The molecule has 0 saturated heterocycles. The fraction of sp³-hybridized carbons (Fsp3) is 0.333. The highest BCUT2D eigenvalue weighted by Crippen LogP contribution is 2.33. The van der Waals surface area contributed by atoms with Crippen LogP contribution in [0.3, 0.4) is 0 Å². The Kier molecular flexibility index (Phi) is 4.52. The highest BCUT2D eigenvalue weighted by molar-refractivity contribution is 5.43. The van der Waals surface area contributed by atoms with Crippen molar-refractivity contribution in [2.45, 2.75) is 38.1 Å². The van der Waals surface area contributed by atoms with Gasteiger partial charge < -0.3 is 14.2 Å². The van der Waals surface area contributed by atoms with Crippen LogP contribution < -0.4 is 9.47 Å². The zero-order valence-corrected chi connectivity index (χ0v) is 13.7. The number of ether oxygens (including phenoxy) is 3. The molecule has 0 spiro atoms. The average Bonchev–Trinajstić information content (AvgIpc) is 2.61. The minimum absolute atomic E-state index is 0.00201. The molecule has 0 radical (unpaired) electrons. The van der Waals surface area contributed by atoms with E-state index in [-0.39, 0.29) is 12.2 Å². The van der Waals surface area contributed by atoms with E-state index in [4.69, 9.17) is 14.2 Å². The predicted octanol–water partition coefficient (Wildman–Crippen LogP) is 4.30. The predicted molar refractivity (Wildman–Crippen MR) is 93.5 cm³/mol. The second-order valence-electron chi connectivity index (χ2n) is 6.31. The summed E-state index contributed by atoms with van der Waals surface area (Å²) in [4.78, 5) is 0. The Balaban J connectivity index is 1.48. The fourth-order valence-corrected chi connectivity index (χ4v) is 3.18. The van der Waals surface area contributed by atoms with Gasteiger partial charge in [0.05, 0.1) is 0 Å². The first-order valence-corrected chi connectivity index (χ1v) is 8.63. The van der Waals surface area contributed by atoms with Gasteiger partial charge in [-0.1, -0.05) is 42.5 Å². The van der Waals surface area contributed by atoms with Crippen LogP contribution in [0.25, 0.3) is 0 Å². The maximum atomic E-state index is 6.17. The van der Waals surface area contributed by atoms with Crippen molar-refractivity contribution < 1.29 is 14.2 Å². The summed E-state index contributed by atoms with van der Waals surface area (Å²) < 4.78 is 18.1. The summed E-state index contributed by atoms with van der Waals surface area (Å²) in [6.45, 7) is 1.37. The third-order valence-corrected chi connectivity index (χ3v) is 4.51. The molecule has 24 heavy (non-hydrogen) atoms. The van der Waals surface area contributed by atoms with Crippen LogP contribution in [0.4, 0.5) is 0 Å². The van der Waals surface area contributed by atoms with Gasteiger partial charge in [0.2, 0.25) is 0 Å². The molecule has 0 amide bonds. The lowest BCUT2D eigenvalue weighted by Crippen LogP contribution is -2.38. The topological polar surface area (TPSA) is 27.7 Å². The fourth-order valence-electron chi connectivity index (χ4n) is 3.18. The summed E-state index contributed by atoms with van der Waals surface area (Å²) in [7, 11) is 0. The molecule has 0 fully saturated rings. The smallest absolute Gasteiger partial charge is 0.143 e. The summed E-state index contributed by atoms with van der Waals surface area (Å²) in [6, 6.07) is 16.3. The van der Waals surface area contributed by atoms with Crippen molar-refractivity contribution in [3.05, 3.63) is 71.8 Å². The Hall–Kier alpha value is -2.26. The number of benzene rings is 2. The van der Waals surface area contributed by atoms with E-state index in [0.717, 1.165) is 42.9 Å². The molecule has 0 unspecified atom stereocenters. The van der Waals surface area contributed by atoms with E-state index in [0.29, 0.717) is 6.61 Å². The molecule has 2 aliphatic heterocycles. The number of allylic oxidation sites excluding steroid dienone is 1. The molecule has 4 rings (SSSR count). The molecule has 3 nitrogen and oxygen atoms in total. The van der Waals surface area contributed by atoms with Gasteiger partial charge >= 0.3 is 0 Å². The van der Waals surface area contributed by atoms with Crippen molar-refractivity contribution in [1.29, 1.82) is 0 Å². The Bertz CT molecular complexity index is 708. The van der Waals surface area contributed by atoms with E-state index in [1.807, 2.05) is 30.3 Å². The van der Waals surface area contributed by atoms with Gasteiger partial charge in [0.25, 0.3) is 0 Å². The van der Waals surface area contributed by atoms with E-state index in [2.05, 4.69) is 30.4 Å². The lowest BCUT2D eigenvalue weighted by molar-refractivity contribution is -0.0204. The van der Waals surface area contributed by atoms with Crippen molar-refractivity contribution in [1.82, 2.24) is 0 Å². The van der Waals surface area contributed by atoms with Crippen LogP contribution in [0.1, 0.15) is 24.0 Å². The van der Waals surface area contributed by atoms with Gasteiger partial charge in [-0.2, -0.15) is 0 Å². The van der Waals surface area contributed by atoms with Crippen molar-refractivity contribution in [3.8, 4) is 11.5 Å². The second-order valence-corrected chi connectivity index (χ2v) is 6.31. The van der Waals surface area contributed by atoms with E-state index < -0.39 is 0 Å². The van der Waals surface area contributed by atoms with Gasteiger partial charge in [0, 0.05) is 19.1 Å². The largest absolute Gasteiger partial charge is 0.489 e. The van der Waals surface area contributed by atoms with Gasteiger partial charge in [-0.3, -0.25) is 0 Å². The molecule has 0 bridgehead atoms. The van der Waals surface area contributed by atoms with Crippen LogP contribution in [-0.2, 0) is 17.8 Å². The minimum atomic E-state index is 0.00201. The summed E-state index contributed by atoms with van der Waals surface area (Å²) in [6.07, 6.45) is 7.50. The summed E-state index contributed by atoms with van der Waals surface area (Å²) >= 11 is 0. The molecular weight excluding hydrogens is 300 g/mol. The lowest BCUT2D eigenvalue weighted by Gasteiger charge is -2.33. The van der Waals surface area contributed by atoms with Gasteiger partial charge in [0.15, 0.2) is 0 Å². The molecule has 0 saturated carbocycles. The lowest BCUT2D eigenvalue weighted by atomic mass is 9.98. The molecule has 124 valence electrons. The van der Waals surface area contributed by atoms with E-state index in [1.54, 1.807) is 0 Å². The van der Waals surface area contributed by atoms with Crippen molar-refractivity contribution >= 4 is 0 Å². The zero-order chi connectivity index (χ0) is 16.2. The Labute approximate surface area is 142 Å². The quantitative estimate of drug-likeness (QED) is 0.788. The SMILES string of the molecule is C1=C[C@H]2Oc3cc(OCc4ccccc4)ccc3C[C@@H]2OCCC1. The van der Waals surface area contributed by atoms with Crippen molar-refractivity contribution in [3.63, 3.8) is 0 Å². The first-order chi connectivity index (χ1) is 11.9. The van der Waals surface area contributed by atoms with E-state index >= 15 is 0 Å². The monoisotopic (exact) mass is 322 g/mol. The molecule has 0 N–H and O–H groups in total. The molecule has 2 atom stereocenters. The van der Waals surface area contributed by atoms with Crippen LogP contribution in [0.15, 0.2) is 60.7 Å². The minimum Gasteiger partial charge on any atom is -0.489 e. The van der Waals surface area contributed by atoms with E-state index in [9.17, 15) is 0 Å². The number of hydrogen-bond donors (Lipinski definition) is 0. The third-order valence-electron chi connectivity index (χ3n) is 4.51. The first kappa shape index (κ1) is 15.3. The Morgan fingerprint density at radius 1 is 1.08 bits per heavy atom. The number of fused-ring (bicyclic) bond motifs is 2. The molecule has 2 heterocycles. The van der Waals surface area contributed by atoms with Crippen LogP contribution in [-0.4, -0.2) is 18.8 Å². The summed E-state index contributed by atoms with van der Waals surface area (Å²) in [5.74, 6) is 1.75. The molecule has 2 aromatic rings. The van der Waals surface area contributed by atoms with Crippen molar-refractivity contribution in [2.24, 2.45) is 0 Å². The van der Waals surface area contributed by atoms with Gasteiger partial charge in [-0.05, 0) is 36.1 Å². The maximum absolute atomic E-state index is 6.17. The van der Waals surface area contributed by atoms with Gasteiger partial charge in [-0.25, -0.2) is 0 Å². The second kappa shape index (κ2) is 7.10. The molecule has 2 aliphatic rings. The standard InChI is InChI=1S/C21H22O3/c1-3-7-16(8-4-1)15-23-18-11-10-17-13-21-19(24-20(17)14-18)9-5-2-6-12-22-21/h1,3-5,7-11,14,19,21H,2,6,12-13,15H2/t19-,21+/m1/s1. The van der Waals surface area contributed by atoms with Crippen LogP contribution in [0, 0.1) is 0 Å². The summed E-state index contributed by atoms with van der Waals surface area (Å²) in [5, 5.41) is 0. The van der Waals surface area contributed by atoms with Crippen LogP contribution >= 0.6 is 0 Å².